The van der Waals surface area contributed by atoms with Gasteiger partial charge >= 0.3 is 0 Å². The van der Waals surface area contributed by atoms with Gasteiger partial charge in [-0.05, 0) is 50.3 Å². The van der Waals surface area contributed by atoms with Gasteiger partial charge in [-0.15, -0.1) is 12.4 Å². The number of hydrogen-bond donors (Lipinski definition) is 1. The van der Waals surface area contributed by atoms with Crippen LogP contribution in [0.3, 0.4) is 0 Å². The maximum atomic E-state index is 13.0. The number of nitrogens with one attached hydrogen (secondary N) is 1. The number of halogens is 1. The monoisotopic (exact) mass is 366 g/mol. The molecule has 0 aliphatic carbocycles. The van der Waals surface area contributed by atoms with Crippen molar-refractivity contribution in [3.05, 3.63) is 35.9 Å². The van der Waals surface area contributed by atoms with Gasteiger partial charge in [0, 0.05) is 13.0 Å². The van der Waals surface area contributed by atoms with E-state index >= 15 is 0 Å². The fourth-order valence-corrected chi connectivity index (χ4v) is 4.00. The molecule has 140 valence electrons. The topological polar surface area (TPSA) is 41.6 Å². The lowest BCUT2D eigenvalue weighted by atomic mass is 9.83. The van der Waals surface area contributed by atoms with E-state index in [1.807, 2.05) is 18.2 Å². The zero-order chi connectivity index (χ0) is 16.9. The van der Waals surface area contributed by atoms with Gasteiger partial charge in [0.2, 0.25) is 5.91 Å². The van der Waals surface area contributed by atoms with Crippen molar-refractivity contribution in [3.63, 3.8) is 0 Å². The number of nitrogens with zero attached hydrogens (tertiary/aromatic N) is 1. The zero-order valence-electron chi connectivity index (χ0n) is 15.3. The molecule has 25 heavy (non-hydrogen) atoms. The molecule has 3 rings (SSSR count). The molecule has 2 aliphatic rings. The molecule has 3 atom stereocenters. The van der Waals surface area contributed by atoms with Gasteiger partial charge in [0.1, 0.15) is 0 Å². The molecule has 0 radical (unpaired) electrons. The van der Waals surface area contributed by atoms with Gasteiger partial charge in [0.25, 0.3) is 0 Å². The standard InChI is InChI=1S/C20H30N2O2.ClH/c1-15(17-8-10-21-11-9-17)12-20(23)22-13-16(2)24-14-19(22)18-6-4-3-5-7-18;/h3-7,15-17,19,21H,8-14H2,1-2H3;1H. The normalized spacial score (nSPS) is 25.9. The van der Waals surface area contributed by atoms with Crippen LogP contribution in [-0.4, -0.2) is 43.2 Å². The number of morpholine rings is 1. The summed E-state index contributed by atoms with van der Waals surface area (Å²) >= 11 is 0. The summed E-state index contributed by atoms with van der Waals surface area (Å²) in [5.74, 6) is 1.41. The molecule has 0 bridgehead atoms. The minimum atomic E-state index is 0. The summed E-state index contributed by atoms with van der Waals surface area (Å²) in [5, 5.41) is 3.41. The number of benzene rings is 1. The second-order valence-corrected chi connectivity index (χ2v) is 7.39. The van der Waals surface area contributed by atoms with E-state index < -0.39 is 0 Å². The number of carbonyl (C=O) groups is 1. The Balaban J connectivity index is 0.00000225. The molecule has 1 N–H and O–H groups in total. The van der Waals surface area contributed by atoms with Gasteiger partial charge in [-0.25, -0.2) is 0 Å². The lowest BCUT2D eigenvalue weighted by Crippen LogP contribution is -2.47. The summed E-state index contributed by atoms with van der Waals surface area (Å²) in [6.07, 6.45) is 3.15. The van der Waals surface area contributed by atoms with Crippen molar-refractivity contribution in [3.8, 4) is 0 Å². The molecule has 3 unspecified atom stereocenters. The van der Waals surface area contributed by atoms with Gasteiger partial charge in [-0.1, -0.05) is 37.3 Å². The first-order valence-electron chi connectivity index (χ1n) is 9.32. The summed E-state index contributed by atoms with van der Waals surface area (Å²) in [4.78, 5) is 15.1. The highest BCUT2D eigenvalue weighted by Gasteiger charge is 2.33. The van der Waals surface area contributed by atoms with E-state index in [0.717, 1.165) is 13.1 Å². The van der Waals surface area contributed by atoms with Gasteiger partial charge in [0.05, 0.1) is 18.8 Å². The number of piperidine rings is 1. The number of ether oxygens (including phenoxy) is 1. The minimum absolute atomic E-state index is 0. The molecule has 4 nitrogen and oxygen atoms in total. The zero-order valence-corrected chi connectivity index (χ0v) is 16.1. The van der Waals surface area contributed by atoms with Crippen LogP contribution < -0.4 is 5.32 Å². The van der Waals surface area contributed by atoms with Crippen LogP contribution >= 0.6 is 12.4 Å². The van der Waals surface area contributed by atoms with E-state index in [0.29, 0.717) is 31.4 Å². The molecule has 0 aromatic heterocycles. The molecule has 0 spiro atoms. The van der Waals surface area contributed by atoms with Crippen LogP contribution in [0.25, 0.3) is 0 Å². The highest BCUT2D eigenvalue weighted by molar-refractivity contribution is 5.85. The molecule has 2 fully saturated rings. The third-order valence-electron chi connectivity index (χ3n) is 5.56. The fourth-order valence-electron chi connectivity index (χ4n) is 4.00. The largest absolute Gasteiger partial charge is 0.374 e. The molecule has 5 heteroatoms. The van der Waals surface area contributed by atoms with E-state index in [9.17, 15) is 4.79 Å². The first-order valence-corrected chi connectivity index (χ1v) is 9.32. The van der Waals surface area contributed by atoms with Crippen LogP contribution in [0, 0.1) is 11.8 Å². The van der Waals surface area contributed by atoms with Crippen molar-refractivity contribution >= 4 is 18.3 Å². The van der Waals surface area contributed by atoms with Crippen LogP contribution in [0.5, 0.6) is 0 Å². The van der Waals surface area contributed by atoms with Crippen molar-refractivity contribution in [2.75, 3.05) is 26.2 Å². The molecule has 0 saturated carbocycles. The van der Waals surface area contributed by atoms with E-state index in [2.05, 4.69) is 36.2 Å². The summed E-state index contributed by atoms with van der Waals surface area (Å²) in [6, 6.07) is 10.3. The summed E-state index contributed by atoms with van der Waals surface area (Å²) < 4.78 is 5.84. The number of amides is 1. The Morgan fingerprint density at radius 3 is 2.64 bits per heavy atom. The number of rotatable bonds is 4. The van der Waals surface area contributed by atoms with Crippen LogP contribution in [0.4, 0.5) is 0 Å². The van der Waals surface area contributed by atoms with E-state index in [1.165, 1.54) is 18.4 Å². The molecular formula is C20H31ClN2O2. The van der Waals surface area contributed by atoms with E-state index in [4.69, 9.17) is 4.74 Å². The summed E-state index contributed by atoms with van der Waals surface area (Å²) in [7, 11) is 0. The Bertz CT molecular complexity index is 534. The molecule has 2 saturated heterocycles. The van der Waals surface area contributed by atoms with Gasteiger partial charge in [-0.3, -0.25) is 4.79 Å². The lowest BCUT2D eigenvalue weighted by molar-refractivity contribution is -0.146. The SMILES string of the molecule is CC1CN(C(=O)CC(C)C2CCNCC2)C(c2ccccc2)CO1.Cl. The Hall–Kier alpha value is -1.10. The van der Waals surface area contributed by atoms with Gasteiger partial charge in [0.15, 0.2) is 0 Å². The van der Waals surface area contributed by atoms with Crippen LogP contribution in [-0.2, 0) is 9.53 Å². The van der Waals surface area contributed by atoms with Gasteiger partial charge in [-0.2, -0.15) is 0 Å². The maximum Gasteiger partial charge on any atom is 0.223 e. The fraction of sp³-hybridized carbons (Fsp3) is 0.650. The number of hydrogen-bond acceptors (Lipinski definition) is 3. The highest BCUT2D eigenvalue weighted by Crippen LogP contribution is 2.30. The van der Waals surface area contributed by atoms with E-state index in [1.54, 1.807) is 0 Å². The Morgan fingerprint density at radius 1 is 1.28 bits per heavy atom. The second kappa shape index (κ2) is 9.56. The van der Waals surface area contributed by atoms with Crippen LogP contribution in [0.15, 0.2) is 30.3 Å². The van der Waals surface area contributed by atoms with E-state index in [-0.39, 0.29) is 30.5 Å². The highest BCUT2D eigenvalue weighted by atomic mass is 35.5. The number of carbonyl (C=O) groups excluding carboxylic acids is 1. The summed E-state index contributed by atoms with van der Waals surface area (Å²) in [5.41, 5.74) is 1.17. The quantitative estimate of drug-likeness (QED) is 0.887. The molecule has 2 aliphatic heterocycles. The Morgan fingerprint density at radius 2 is 1.96 bits per heavy atom. The molecule has 1 aromatic carbocycles. The predicted molar refractivity (Wildman–Crippen MR) is 103 cm³/mol. The van der Waals surface area contributed by atoms with Crippen LogP contribution in [0.1, 0.15) is 44.7 Å². The summed E-state index contributed by atoms with van der Waals surface area (Å²) in [6.45, 7) is 7.76. The minimum Gasteiger partial charge on any atom is -0.374 e. The van der Waals surface area contributed by atoms with Crippen molar-refractivity contribution in [1.29, 1.82) is 0 Å². The average Bonchev–Trinajstić information content (AvgIpc) is 2.63. The first kappa shape index (κ1) is 20.2. The molecule has 2 heterocycles. The molecule has 1 amide bonds. The molecular weight excluding hydrogens is 336 g/mol. The van der Waals surface area contributed by atoms with Crippen molar-refractivity contribution in [2.45, 2.75) is 45.3 Å². The second-order valence-electron chi connectivity index (χ2n) is 7.39. The third-order valence-corrected chi connectivity index (χ3v) is 5.56. The van der Waals surface area contributed by atoms with Crippen molar-refractivity contribution in [2.24, 2.45) is 11.8 Å². The molecule has 1 aromatic rings. The maximum absolute atomic E-state index is 13.0. The van der Waals surface area contributed by atoms with Crippen molar-refractivity contribution in [1.82, 2.24) is 10.2 Å². The van der Waals surface area contributed by atoms with Gasteiger partial charge < -0.3 is 15.0 Å². The van der Waals surface area contributed by atoms with Crippen LogP contribution in [0.2, 0.25) is 0 Å². The first-order chi connectivity index (χ1) is 11.6. The lowest BCUT2D eigenvalue weighted by Gasteiger charge is -2.40. The smallest absolute Gasteiger partial charge is 0.223 e. The Kier molecular flexibility index (Phi) is 7.73. The average molecular weight is 367 g/mol. The Labute approximate surface area is 157 Å². The van der Waals surface area contributed by atoms with Crippen molar-refractivity contribution < 1.29 is 9.53 Å². The predicted octanol–water partition coefficient (Wildman–Crippen LogP) is 3.42. The third kappa shape index (κ3) is 5.19.